The highest BCUT2D eigenvalue weighted by molar-refractivity contribution is 9.10. The van der Waals surface area contributed by atoms with E-state index in [0.717, 1.165) is 17.3 Å². The van der Waals surface area contributed by atoms with Crippen LogP contribution in [0.5, 0.6) is 0 Å². The minimum absolute atomic E-state index is 0. The van der Waals surface area contributed by atoms with Crippen LogP contribution in [0.15, 0.2) is 28.7 Å². The highest BCUT2D eigenvalue weighted by Gasteiger charge is 2.32. The highest BCUT2D eigenvalue weighted by Crippen LogP contribution is 2.28. The van der Waals surface area contributed by atoms with Gasteiger partial charge in [0.1, 0.15) is 0 Å². The van der Waals surface area contributed by atoms with E-state index in [9.17, 15) is 4.79 Å². The summed E-state index contributed by atoms with van der Waals surface area (Å²) in [7, 11) is 0. The second-order valence-corrected chi connectivity index (χ2v) is 5.23. The quantitative estimate of drug-likeness (QED) is 0.899. The van der Waals surface area contributed by atoms with Crippen LogP contribution in [0.25, 0.3) is 0 Å². The molecule has 2 rings (SSSR count). The molecule has 0 bridgehead atoms. The molecule has 1 saturated carbocycles. The number of halogens is 2. The standard InChI is InChI=1S/C12H15BrN2O.ClH/c13-10-5-2-1-4-9(10)11(16)15-8-12(14)6-3-7-12;/h1-2,4-5H,3,6-8,14H2,(H,15,16);1H. The van der Waals surface area contributed by atoms with Crippen molar-refractivity contribution >= 4 is 34.2 Å². The van der Waals surface area contributed by atoms with E-state index in [1.54, 1.807) is 6.07 Å². The molecule has 0 aromatic heterocycles. The smallest absolute Gasteiger partial charge is 0.252 e. The Kier molecular flexibility index (Phi) is 4.98. The van der Waals surface area contributed by atoms with Gasteiger partial charge < -0.3 is 11.1 Å². The fourth-order valence-electron chi connectivity index (χ4n) is 1.80. The van der Waals surface area contributed by atoms with Crippen LogP contribution in [0.4, 0.5) is 0 Å². The number of amides is 1. The van der Waals surface area contributed by atoms with Crippen molar-refractivity contribution in [2.24, 2.45) is 5.73 Å². The average molecular weight is 320 g/mol. The first kappa shape index (κ1) is 14.5. The van der Waals surface area contributed by atoms with Crippen molar-refractivity contribution in [1.82, 2.24) is 5.32 Å². The molecule has 0 atom stereocenters. The minimum atomic E-state index is -0.170. The monoisotopic (exact) mass is 318 g/mol. The van der Waals surface area contributed by atoms with Gasteiger partial charge in [0.15, 0.2) is 0 Å². The fourth-order valence-corrected chi connectivity index (χ4v) is 2.27. The molecule has 0 heterocycles. The van der Waals surface area contributed by atoms with Gasteiger partial charge in [-0.25, -0.2) is 0 Å². The highest BCUT2D eigenvalue weighted by atomic mass is 79.9. The molecule has 17 heavy (non-hydrogen) atoms. The van der Waals surface area contributed by atoms with Gasteiger partial charge in [0.05, 0.1) is 5.56 Å². The van der Waals surface area contributed by atoms with E-state index in [4.69, 9.17) is 5.73 Å². The van der Waals surface area contributed by atoms with Gasteiger partial charge in [-0.15, -0.1) is 12.4 Å². The summed E-state index contributed by atoms with van der Waals surface area (Å²) < 4.78 is 0.812. The van der Waals surface area contributed by atoms with Crippen molar-refractivity contribution in [2.45, 2.75) is 24.8 Å². The predicted octanol–water partition coefficient (Wildman–Crippen LogP) is 2.48. The summed E-state index contributed by atoms with van der Waals surface area (Å²) in [5, 5.41) is 2.89. The average Bonchev–Trinajstić information content (AvgIpc) is 2.24. The van der Waals surface area contributed by atoms with E-state index in [1.807, 2.05) is 18.2 Å². The van der Waals surface area contributed by atoms with Gasteiger partial charge in [0.25, 0.3) is 5.91 Å². The summed E-state index contributed by atoms with van der Waals surface area (Å²) >= 11 is 3.36. The molecule has 1 fully saturated rings. The zero-order chi connectivity index (χ0) is 11.6. The van der Waals surface area contributed by atoms with Gasteiger partial charge in [0.2, 0.25) is 0 Å². The Labute approximate surface area is 116 Å². The summed E-state index contributed by atoms with van der Waals surface area (Å²) in [6.07, 6.45) is 3.17. The SMILES string of the molecule is Cl.NC1(CNC(=O)c2ccccc2Br)CCC1. The van der Waals surface area contributed by atoms with E-state index in [2.05, 4.69) is 21.2 Å². The summed E-state index contributed by atoms with van der Waals surface area (Å²) in [5.74, 6) is -0.0656. The largest absolute Gasteiger partial charge is 0.350 e. The van der Waals surface area contributed by atoms with Crippen molar-refractivity contribution in [1.29, 1.82) is 0 Å². The van der Waals surface area contributed by atoms with Gasteiger partial charge in [-0.3, -0.25) is 4.79 Å². The molecule has 0 radical (unpaired) electrons. The molecule has 94 valence electrons. The van der Waals surface area contributed by atoms with Crippen LogP contribution in [0, 0.1) is 0 Å². The molecule has 0 aliphatic heterocycles. The van der Waals surface area contributed by atoms with Gasteiger partial charge in [0, 0.05) is 16.6 Å². The Morgan fingerprint density at radius 2 is 2.06 bits per heavy atom. The first-order chi connectivity index (χ1) is 7.61. The maximum atomic E-state index is 11.9. The van der Waals surface area contributed by atoms with Crippen molar-refractivity contribution in [3.8, 4) is 0 Å². The van der Waals surface area contributed by atoms with Crippen LogP contribution >= 0.6 is 28.3 Å². The maximum Gasteiger partial charge on any atom is 0.252 e. The molecule has 0 saturated heterocycles. The topological polar surface area (TPSA) is 55.1 Å². The zero-order valence-corrected chi connectivity index (χ0v) is 11.8. The molecule has 5 heteroatoms. The second-order valence-electron chi connectivity index (χ2n) is 4.38. The molecular formula is C12H16BrClN2O. The molecule has 1 aromatic carbocycles. The molecular weight excluding hydrogens is 304 g/mol. The summed E-state index contributed by atoms with van der Waals surface area (Å²) in [6, 6.07) is 7.39. The normalized spacial score (nSPS) is 16.6. The van der Waals surface area contributed by atoms with Crippen molar-refractivity contribution in [3.63, 3.8) is 0 Å². The Morgan fingerprint density at radius 1 is 1.41 bits per heavy atom. The Bertz CT molecular complexity index is 407. The molecule has 1 amide bonds. The van der Waals surface area contributed by atoms with E-state index in [0.29, 0.717) is 12.1 Å². The van der Waals surface area contributed by atoms with Crippen LogP contribution in [0.1, 0.15) is 29.6 Å². The Balaban J connectivity index is 0.00000144. The predicted molar refractivity (Wildman–Crippen MR) is 74.5 cm³/mol. The van der Waals surface area contributed by atoms with Crippen LogP contribution in [0.3, 0.4) is 0 Å². The first-order valence-electron chi connectivity index (χ1n) is 5.42. The summed E-state index contributed by atoms with van der Waals surface area (Å²) in [6.45, 7) is 0.563. The van der Waals surface area contributed by atoms with Crippen LogP contribution in [-0.4, -0.2) is 18.0 Å². The maximum absolute atomic E-state index is 11.9. The third-order valence-corrected chi connectivity index (χ3v) is 3.76. The van der Waals surface area contributed by atoms with Crippen LogP contribution in [-0.2, 0) is 0 Å². The lowest BCUT2D eigenvalue weighted by Gasteiger charge is -2.38. The van der Waals surface area contributed by atoms with Crippen LogP contribution < -0.4 is 11.1 Å². The van der Waals surface area contributed by atoms with Crippen LogP contribution in [0.2, 0.25) is 0 Å². The molecule has 3 nitrogen and oxygen atoms in total. The van der Waals surface area contributed by atoms with Crippen molar-refractivity contribution < 1.29 is 4.79 Å². The number of carbonyl (C=O) groups is 1. The first-order valence-corrected chi connectivity index (χ1v) is 6.22. The van der Waals surface area contributed by atoms with E-state index < -0.39 is 0 Å². The Morgan fingerprint density at radius 3 is 2.59 bits per heavy atom. The number of benzene rings is 1. The third-order valence-electron chi connectivity index (χ3n) is 3.07. The summed E-state index contributed by atoms with van der Waals surface area (Å²) in [5.41, 5.74) is 6.53. The summed E-state index contributed by atoms with van der Waals surface area (Å²) in [4.78, 5) is 11.9. The number of rotatable bonds is 3. The van der Waals surface area contributed by atoms with Crippen molar-refractivity contribution in [3.05, 3.63) is 34.3 Å². The minimum Gasteiger partial charge on any atom is -0.350 e. The molecule has 1 aromatic rings. The second kappa shape index (κ2) is 5.85. The van der Waals surface area contributed by atoms with Gasteiger partial charge in [-0.05, 0) is 47.3 Å². The molecule has 0 unspecified atom stereocenters. The molecule has 0 spiro atoms. The lowest BCUT2D eigenvalue weighted by Crippen LogP contribution is -2.54. The number of hydrogen-bond donors (Lipinski definition) is 2. The third kappa shape index (κ3) is 3.44. The molecule has 1 aliphatic carbocycles. The van der Waals surface area contributed by atoms with E-state index >= 15 is 0 Å². The van der Waals surface area contributed by atoms with Crippen molar-refractivity contribution in [2.75, 3.05) is 6.54 Å². The number of hydrogen-bond acceptors (Lipinski definition) is 2. The molecule has 1 aliphatic rings. The van der Waals surface area contributed by atoms with Gasteiger partial charge in [-0.1, -0.05) is 12.1 Å². The lowest BCUT2D eigenvalue weighted by atomic mass is 9.78. The van der Waals surface area contributed by atoms with Gasteiger partial charge >= 0.3 is 0 Å². The number of nitrogens with one attached hydrogen (secondary N) is 1. The van der Waals surface area contributed by atoms with E-state index in [-0.39, 0.29) is 23.9 Å². The van der Waals surface area contributed by atoms with Gasteiger partial charge in [-0.2, -0.15) is 0 Å². The number of carbonyl (C=O) groups excluding carboxylic acids is 1. The number of nitrogens with two attached hydrogens (primary N) is 1. The van der Waals surface area contributed by atoms with E-state index in [1.165, 1.54) is 6.42 Å². The Hall–Kier alpha value is -0.580. The zero-order valence-electron chi connectivity index (χ0n) is 9.41. The molecule has 3 N–H and O–H groups in total. The lowest BCUT2D eigenvalue weighted by molar-refractivity contribution is 0.0929. The fraction of sp³-hybridized carbons (Fsp3) is 0.417.